The summed E-state index contributed by atoms with van der Waals surface area (Å²) >= 11 is 0. The van der Waals surface area contributed by atoms with E-state index in [-0.39, 0.29) is 5.41 Å². The van der Waals surface area contributed by atoms with Gasteiger partial charge in [-0.25, -0.2) is 4.79 Å². The van der Waals surface area contributed by atoms with E-state index in [1.165, 1.54) is 57.4 Å². The van der Waals surface area contributed by atoms with E-state index in [2.05, 4.69) is 46.0 Å². The summed E-state index contributed by atoms with van der Waals surface area (Å²) in [6.07, 6.45) is 7.09. The van der Waals surface area contributed by atoms with Crippen LogP contribution in [0.4, 0.5) is 0 Å². The minimum absolute atomic E-state index is 0.0454. The number of ether oxygens (including phenoxy) is 2. The van der Waals surface area contributed by atoms with Gasteiger partial charge >= 0.3 is 5.97 Å². The van der Waals surface area contributed by atoms with E-state index < -0.39 is 67.3 Å². The van der Waals surface area contributed by atoms with Gasteiger partial charge in [-0.05, 0) is 91.3 Å². The van der Waals surface area contributed by atoms with Crippen LogP contribution in [0.3, 0.4) is 0 Å². The molecule has 5 rings (SSSR count). The van der Waals surface area contributed by atoms with Crippen molar-refractivity contribution in [3.63, 3.8) is 0 Å². The SMILES string of the molecule is CC(=O)N[C@H]1[C@H]([C@H](O)[C@H](O)CO)O[C@](O)(C(=O)O[C@H]2CC[C@@]3(C)C(=CCC4[C@@H]5CC[C@H]([C@H](C)CCCC(C)C)[C@@]5(C)CC[C@@H]43)C2)C[C@@H]1O. The van der Waals surface area contributed by atoms with Crippen LogP contribution >= 0.6 is 0 Å². The lowest BCUT2D eigenvalue weighted by Crippen LogP contribution is -2.67. The molecule has 1 unspecified atom stereocenters. The van der Waals surface area contributed by atoms with Gasteiger partial charge in [-0.2, -0.15) is 0 Å². The molecule has 10 heteroatoms. The Bertz CT molecular complexity index is 1190. The van der Waals surface area contributed by atoms with Gasteiger partial charge in [0.2, 0.25) is 5.91 Å². The van der Waals surface area contributed by atoms with Gasteiger partial charge in [-0.15, -0.1) is 0 Å². The van der Waals surface area contributed by atoms with Crippen LogP contribution in [0.15, 0.2) is 11.6 Å². The average molecular weight is 678 g/mol. The van der Waals surface area contributed by atoms with Crippen LogP contribution in [0.1, 0.15) is 119 Å². The van der Waals surface area contributed by atoms with Gasteiger partial charge in [0.05, 0.1) is 18.8 Å². The first-order chi connectivity index (χ1) is 22.5. The van der Waals surface area contributed by atoms with Crippen molar-refractivity contribution in [1.82, 2.24) is 5.32 Å². The number of hydrogen-bond acceptors (Lipinski definition) is 9. The predicted molar refractivity (Wildman–Crippen MR) is 180 cm³/mol. The van der Waals surface area contributed by atoms with Crippen molar-refractivity contribution in [2.24, 2.45) is 46.3 Å². The summed E-state index contributed by atoms with van der Waals surface area (Å²) in [5.74, 6) is 0.142. The summed E-state index contributed by atoms with van der Waals surface area (Å²) in [4.78, 5) is 25.3. The summed E-state index contributed by atoms with van der Waals surface area (Å²) in [5, 5.41) is 54.7. The van der Waals surface area contributed by atoms with E-state index in [1.807, 2.05) is 0 Å². The van der Waals surface area contributed by atoms with E-state index >= 15 is 0 Å². The van der Waals surface area contributed by atoms with Gasteiger partial charge in [0.25, 0.3) is 5.79 Å². The number of aliphatic hydroxyl groups is 5. The van der Waals surface area contributed by atoms with Crippen LogP contribution in [0.5, 0.6) is 0 Å². The molecule has 6 N–H and O–H groups in total. The molecule has 5 aliphatic rings. The van der Waals surface area contributed by atoms with Gasteiger partial charge in [0.15, 0.2) is 0 Å². The molecule has 0 aromatic heterocycles. The summed E-state index contributed by atoms with van der Waals surface area (Å²) in [6, 6.07) is -1.23. The molecule has 1 saturated heterocycles. The van der Waals surface area contributed by atoms with Crippen LogP contribution in [0.2, 0.25) is 0 Å². The lowest BCUT2D eigenvalue weighted by molar-refractivity contribution is -0.299. The Kier molecular flexibility index (Phi) is 11.5. The molecule has 1 amide bonds. The Labute approximate surface area is 287 Å². The lowest BCUT2D eigenvalue weighted by Gasteiger charge is -2.58. The van der Waals surface area contributed by atoms with Gasteiger partial charge in [-0.1, -0.05) is 65.5 Å². The molecule has 0 radical (unpaired) electrons. The number of rotatable bonds is 11. The fourth-order valence-electron chi connectivity index (χ4n) is 11.1. The zero-order valence-corrected chi connectivity index (χ0v) is 30.1. The van der Waals surface area contributed by atoms with Crippen molar-refractivity contribution in [1.29, 1.82) is 0 Å². The highest BCUT2D eigenvalue weighted by molar-refractivity contribution is 5.78. The van der Waals surface area contributed by atoms with E-state index in [0.29, 0.717) is 30.1 Å². The lowest BCUT2D eigenvalue weighted by atomic mass is 9.47. The molecule has 10 nitrogen and oxygen atoms in total. The fourth-order valence-corrected chi connectivity index (χ4v) is 11.1. The molecule has 3 saturated carbocycles. The van der Waals surface area contributed by atoms with Crippen LogP contribution < -0.4 is 5.32 Å². The first-order valence-electron chi connectivity index (χ1n) is 18.8. The highest BCUT2D eigenvalue weighted by Gasteiger charge is 2.60. The second-order valence-electron chi connectivity index (χ2n) is 17.2. The minimum Gasteiger partial charge on any atom is -0.458 e. The number of aliphatic hydroxyl groups excluding tert-OH is 4. The third kappa shape index (κ3) is 7.13. The number of fused-ring (bicyclic) bond motifs is 5. The molecular formula is C38H63NO9. The first kappa shape index (κ1) is 37.7. The summed E-state index contributed by atoms with van der Waals surface area (Å²) < 4.78 is 11.5. The zero-order chi connectivity index (χ0) is 35.2. The maximum atomic E-state index is 13.5. The van der Waals surface area contributed by atoms with Crippen molar-refractivity contribution in [2.75, 3.05) is 6.61 Å². The van der Waals surface area contributed by atoms with E-state index in [1.54, 1.807) is 0 Å². The summed E-state index contributed by atoms with van der Waals surface area (Å²) in [7, 11) is 0. The number of carbonyl (C=O) groups is 2. The molecule has 14 atom stereocenters. The monoisotopic (exact) mass is 677 g/mol. The maximum Gasteiger partial charge on any atom is 0.367 e. The highest BCUT2D eigenvalue weighted by Crippen LogP contribution is 2.67. The number of allylic oxidation sites excluding steroid dienone is 1. The largest absolute Gasteiger partial charge is 0.458 e. The molecule has 1 heterocycles. The molecule has 0 spiro atoms. The Morgan fingerprint density at radius 1 is 1.06 bits per heavy atom. The van der Waals surface area contributed by atoms with Crippen molar-refractivity contribution < 1.29 is 44.6 Å². The third-order valence-corrected chi connectivity index (χ3v) is 13.7. The number of carbonyl (C=O) groups excluding carboxylic acids is 2. The minimum atomic E-state index is -2.61. The summed E-state index contributed by atoms with van der Waals surface area (Å²) in [6.45, 7) is 12.5. The molecule has 48 heavy (non-hydrogen) atoms. The van der Waals surface area contributed by atoms with Crippen LogP contribution in [-0.4, -0.2) is 86.4 Å². The average Bonchev–Trinajstić information content (AvgIpc) is 3.38. The van der Waals surface area contributed by atoms with Crippen molar-refractivity contribution >= 4 is 11.9 Å². The van der Waals surface area contributed by atoms with Gasteiger partial charge < -0.3 is 40.3 Å². The molecule has 4 fully saturated rings. The van der Waals surface area contributed by atoms with Crippen molar-refractivity contribution in [3.05, 3.63) is 11.6 Å². The molecule has 0 aromatic rings. The third-order valence-electron chi connectivity index (χ3n) is 13.7. The second kappa shape index (κ2) is 14.6. The molecule has 0 bridgehead atoms. The van der Waals surface area contributed by atoms with Crippen LogP contribution in [-0.2, 0) is 19.1 Å². The molecule has 1 aliphatic heterocycles. The highest BCUT2D eigenvalue weighted by atomic mass is 16.7. The zero-order valence-electron chi connectivity index (χ0n) is 30.1. The van der Waals surface area contributed by atoms with Gasteiger partial charge in [0.1, 0.15) is 24.4 Å². The van der Waals surface area contributed by atoms with Gasteiger partial charge in [0, 0.05) is 19.8 Å². The smallest absolute Gasteiger partial charge is 0.367 e. The molecule has 0 aromatic carbocycles. The molecular weight excluding hydrogens is 614 g/mol. The van der Waals surface area contributed by atoms with Crippen molar-refractivity contribution in [2.45, 2.75) is 161 Å². The topological polar surface area (TPSA) is 166 Å². The van der Waals surface area contributed by atoms with E-state index in [9.17, 15) is 35.1 Å². The maximum absolute atomic E-state index is 13.5. The van der Waals surface area contributed by atoms with E-state index in [4.69, 9.17) is 9.47 Å². The predicted octanol–water partition coefficient (Wildman–Crippen LogP) is 4.00. The number of amides is 1. The number of nitrogens with one attached hydrogen (secondary N) is 1. The molecule has 274 valence electrons. The Morgan fingerprint density at radius 3 is 2.46 bits per heavy atom. The Balaban J connectivity index is 1.24. The van der Waals surface area contributed by atoms with Crippen LogP contribution in [0, 0.1) is 46.3 Å². The standard InChI is InChI=1S/C38H63NO9/c1-21(2)8-7-9-22(3)27-12-13-28-26-11-10-24-18-25(14-16-36(24,5)29(26)15-17-37(27,28)6)47-35(45)38(46)19-30(42)32(39-23(4)41)34(48-38)33(44)31(43)20-40/h10,21-22,25-34,40,42-44,46H,7-9,11-20H2,1-6H3,(H,39,41)/t22-,25+,26?,27-,28+,29+,30+,31-,32-,33-,34-,36+,37-,38+/m1/s1. The fraction of sp³-hybridized carbons (Fsp3) is 0.895. The van der Waals surface area contributed by atoms with Crippen molar-refractivity contribution in [3.8, 4) is 0 Å². The van der Waals surface area contributed by atoms with Crippen LogP contribution in [0.25, 0.3) is 0 Å². The quantitative estimate of drug-likeness (QED) is 0.140. The number of hydrogen-bond donors (Lipinski definition) is 6. The molecule has 4 aliphatic carbocycles. The first-order valence-corrected chi connectivity index (χ1v) is 18.8. The summed E-state index contributed by atoms with van der Waals surface area (Å²) in [5.41, 5.74) is 1.78. The normalized spacial score (nSPS) is 42.9. The number of esters is 1. The van der Waals surface area contributed by atoms with Gasteiger partial charge in [-0.3, -0.25) is 4.79 Å². The van der Waals surface area contributed by atoms with E-state index in [0.717, 1.165) is 36.5 Å². The Hall–Kier alpha value is -1.56. The second-order valence-corrected chi connectivity index (χ2v) is 17.2. The Morgan fingerprint density at radius 2 is 1.79 bits per heavy atom.